The van der Waals surface area contributed by atoms with E-state index in [4.69, 9.17) is 0 Å². The Hall–Kier alpha value is -3.89. The highest BCUT2D eigenvalue weighted by Gasteiger charge is 2.31. The molecule has 1 fully saturated rings. The molecule has 1 amide bonds. The molecule has 3 aromatic heterocycles. The van der Waals surface area contributed by atoms with Crippen LogP contribution in [0.5, 0.6) is 5.75 Å². The number of aromatic nitrogens is 4. The molecule has 5 rings (SSSR count). The number of alkyl halides is 3. The molecule has 0 bridgehead atoms. The van der Waals surface area contributed by atoms with Crippen LogP contribution in [0.2, 0.25) is 0 Å². The number of pyridine rings is 1. The number of nitrogens with zero attached hydrogens (tertiary/aromatic N) is 4. The molecule has 0 radical (unpaired) electrons. The molecule has 0 spiro atoms. The van der Waals surface area contributed by atoms with Crippen LogP contribution in [0, 0.1) is 5.82 Å². The highest BCUT2D eigenvalue weighted by atomic mass is 19.4. The van der Waals surface area contributed by atoms with E-state index in [0.29, 0.717) is 42.5 Å². The molecule has 182 valence electrons. The van der Waals surface area contributed by atoms with Gasteiger partial charge in [0, 0.05) is 48.4 Å². The lowest BCUT2D eigenvalue weighted by Gasteiger charge is -2.32. The van der Waals surface area contributed by atoms with E-state index in [9.17, 15) is 22.4 Å². The van der Waals surface area contributed by atoms with Crippen molar-refractivity contribution in [1.29, 1.82) is 0 Å². The third kappa shape index (κ3) is 4.71. The molecule has 0 atom stereocenters. The van der Waals surface area contributed by atoms with Gasteiger partial charge in [-0.2, -0.15) is 5.10 Å². The second-order valence-corrected chi connectivity index (χ2v) is 8.51. The highest BCUT2D eigenvalue weighted by Crippen LogP contribution is 2.36. The van der Waals surface area contributed by atoms with E-state index in [0.717, 1.165) is 23.4 Å². The number of carbonyl (C=O) groups is 1. The molecule has 11 heteroatoms. The maximum atomic E-state index is 14.9. The number of aryl methyl sites for hydroxylation is 1. The van der Waals surface area contributed by atoms with E-state index < -0.39 is 6.36 Å². The Kier molecular flexibility index (Phi) is 5.70. The lowest BCUT2D eigenvalue weighted by atomic mass is 9.87. The Bertz CT molecular complexity index is 1370. The third-order valence-corrected chi connectivity index (χ3v) is 6.19. The molecule has 1 N–H and O–H groups in total. The summed E-state index contributed by atoms with van der Waals surface area (Å²) in [6, 6.07) is 6.72. The van der Waals surface area contributed by atoms with Crippen molar-refractivity contribution in [1.82, 2.24) is 24.6 Å². The molecule has 1 aliphatic heterocycles. The van der Waals surface area contributed by atoms with E-state index in [2.05, 4.69) is 19.8 Å². The van der Waals surface area contributed by atoms with Crippen molar-refractivity contribution in [3.63, 3.8) is 0 Å². The number of ether oxygens (including phenoxy) is 1. The lowest BCUT2D eigenvalue weighted by Crippen LogP contribution is -2.38. The summed E-state index contributed by atoms with van der Waals surface area (Å²) in [6.45, 7) is 0.793. The van der Waals surface area contributed by atoms with Crippen LogP contribution in [0.1, 0.15) is 34.7 Å². The van der Waals surface area contributed by atoms with Crippen molar-refractivity contribution in [2.24, 2.45) is 7.05 Å². The first kappa shape index (κ1) is 22.9. The van der Waals surface area contributed by atoms with Gasteiger partial charge in [0.05, 0.1) is 18.1 Å². The fraction of sp³-hybridized carbons (Fsp3) is 0.292. The summed E-state index contributed by atoms with van der Waals surface area (Å²) in [5, 5.41) is 4.87. The van der Waals surface area contributed by atoms with Crippen LogP contribution in [0.15, 0.2) is 48.9 Å². The van der Waals surface area contributed by atoms with Gasteiger partial charge in [-0.25, -0.2) is 9.37 Å². The predicted molar refractivity (Wildman–Crippen MR) is 119 cm³/mol. The average molecular weight is 487 g/mol. The SMILES string of the molecule is Cn1cc(-c2cc3c(C4CCN(C(=O)c5ccc(OC(F)(F)F)cc5)CC4)c(F)cnc3[nH]2)cn1. The number of hydrogen-bond acceptors (Lipinski definition) is 4. The maximum absolute atomic E-state index is 14.9. The fourth-order valence-corrected chi connectivity index (χ4v) is 4.55. The number of nitrogens with one attached hydrogen (secondary N) is 1. The minimum atomic E-state index is -4.79. The maximum Gasteiger partial charge on any atom is 0.573 e. The monoisotopic (exact) mass is 487 g/mol. The molecule has 1 aliphatic rings. The van der Waals surface area contributed by atoms with Crippen molar-refractivity contribution < 1.29 is 27.1 Å². The molecule has 1 aromatic carbocycles. The summed E-state index contributed by atoms with van der Waals surface area (Å²) in [5.74, 6) is -1.17. The van der Waals surface area contributed by atoms with E-state index in [1.807, 2.05) is 19.3 Å². The number of likely N-dealkylation sites (tertiary alicyclic amines) is 1. The van der Waals surface area contributed by atoms with E-state index in [1.165, 1.54) is 18.3 Å². The first-order valence-corrected chi connectivity index (χ1v) is 11.0. The summed E-state index contributed by atoms with van der Waals surface area (Å²) in [7, 11) is 1.81. The number of fused-ring (bicyclic) bond motifs is 1. The Morgan fingerprint density at radius 1 is 1.14 bits per heavy atom. The molecule has 0 saturated carbocycles. The number of aromatic amines is 1. The number of halogens is 4. The Balaban J connectivity index is 1.31. The van der Waals surface area contributed by atoms with Gasteiger partial charge in [-0.3, -0.25) is 9.48 Å². The summed E-state index contributed by atoms with van der Waals surface area (Å²) in [6.07, 6.45) is 1.08. The Morgan fingerprint density at radius 3 is 2.49 bits per heavy atom. The van der Waals surface area contributed by atoms with Gasteiger partial charge in [0.1, 0.15) is 17.2 Å². The molecule has 4 heterocycles. The van der Waals surface area contributed by atoms with Crippen LogP contribution in [0.4, 0.5) is 17.6 Å². The highest BCUT2D eigenvalue weighted by molar-refractivity contribution is 5.94. The van der Waals surface area contributed by atoms with Gasteiger partial charge >= 0.3 is 6.36 Å². The van der Waals surface area contributed by atoms with Crippen LogP contribution in [-0.4, -0.2) is 50.0 Å². The van der Waals surface area contributed by atoms with Crippen molar-refractivity contribution in [2.75, 3.05) is 13.1 Å². The van der Waals surface area contributed by atoms with Gasteiger partial charge in [-0.05, 0) is 49.1 Å². The lowest BCUT2D eigenvalue weighted by molar-refractivity contribution is -0.274. The molecule has 7 nitrogen and oxygen atoms in total. The van der Waals surface area contributed by atoms with Gasteiger partial charge in [-0.15, -0.1) is 13.2 Å². The Labute approximate surface area is 197 Å². The fourth-order valence-electron chi connectivity index (χ4n) is 4.55. The number of rotatable bonds is 4. The standard InChI is InChI=1S/C24H21F4N5O2/c1-32-13-16(11-30-32)20-10-18-21(19(25)12-29-22(18)31-20)14-6-8-33(9-7-14)23(34)15-2-4-17(5-3-15)35-24(26,27)28/h2-5,10-14H,6-9H2,1H3,(H,29,31). The number of amides is 1. The van der Waals surface area contributed by atoms with Crippen LogP contribution in [-0.2, 0) is 7.05 Å². The minimum absolute atomic E-state index is 0.107. The van der Waals surface area contributed by atoms with Crippen LogP contribution < -0.4 is 4.74 Å². The van der Waals surface area contributed by atoms with Gasteiger partial charge in [0.2, 0.25) is 0 Å². The van der Waals surface area contributed by atoms with E-state index in [-0.39, 0.29) is 29.0 Å². The summed E-state index contributed by atoms with van der Waals surface area (Å²) < 4.78 is 57.5. The van der Waals surface area contributed by atoms with Gasteiger partial charge in [0.25, 0.3) is 5.91 Å². The van der Waals surface area contributed by atoms with Gasteiger partial charge < -0.3 is 14.6 Å². The van der Waals surface area contributed by atoms with Crippen LogP contribution in [0.3, 0.4) is 0 Å². The van der Waals surface area contributed by atoms with Gasteiger partial charge in [-0.1, -0.05) is 0 Å². The molecule has 4 aromatic rings. The van der Waals surface area contributed by atoms with Crippen LogP contribution in [0.25, 0.3) is 22.3 Å². The van der Waals surface area contributed by atoms with E-state index in [1.54, 1.807) is 15.8 Å². The average Bonchev–Trinajstić information content (AvgIpc) is 3.44. The van der Waals surface area contributed by atoms with Crippen LogP contribution >= 0.6 is 0 Å². The molecular formula is C24H21F4N5O2. The number of hydrogen-bond donors (Lipinski definition) is 1. The first-order valence-electron chi connectivity index (χ1n) is 11.0. The third-order valence-electron chi connectivity index (χ3n) is 6.19. The number of piperidine rings is 1. The molecule has 35 heavy (non-hydrogen) atoms. The zero-order valence-electron chi connectivity index (χ0n) is 18.6. The van der Waals surface area contributed by atoms with Crippen molar-refractivity contribution in [3.05, 3.63) is 65.9 Å². The summed E-state index contributed by atoms with van der Waals surface area (Å²) in [5.41, 5.74) is 3.08. The van der Waals surface area contributed by atoms with E-state index >= 15 is 0 Å². The number of benzene rings is 1. The summed E-state index contributed by atoms with van der Waals surface area (Å²) in [4.78, 5) is 21.9. The number of carbonyl (C=O) groups excluding carboxylic acids is 1. The second-order valence-electron chi connectivity index (χ2n) is 8.51. The molecule has 1 saturated heterocycles. The zero-order chi connectivity index (χ0) is 24.7. The zero-order valence-corrected chi connectivity index (χ0v) is 18.6. The summed E-state index contributed by atoms with van der Waals surface area (Å²) >= 11 is 0. The Morgan fingerprint density at radius 2 is 1.86 bits per heavy atom. The van der Waals surface area contributed by atoms with Gasteiger partial charge in [0.15, 0.2) is 0 Å². The molecular weight excluding hydrogens is 466 g/mol. The minimum Gasteiger partial charge on any atom is -0.406 e. The second kappa shape index (κ2) is 8.71. The largest absolute Gasteiger partial charge is 0.573 e. The quantitative estimate of drug-likeness (QED) is 0.410. The predicted octanol–water partition coefficient (Wildman–Crippen LogP) is 5.02. The number of H-pyrrole nitrogens is 1. The first-order chi connectivity index (χ1) is 16.7. The smallest absolute Gasteiger partial charge is 0.406 e. The van der Waals surface area contributed by atoms with Crippen molar-refractivity contribution in [3.8, 4) is 17.0 Å². The molecule has 0 unspecified atom stereocenters. The van der Waals surface area contributed by atoms with Crippen molar-refractivity contribution in [2.45, 2.75) is 25.1 Å². The van der Waals surface area contributed by atoms with Crippen molar-refractivity contribution >= 4 is 16.9 Å². The molecule has 0 aliphatic carbocycles. The topological polar surface area (TPSA) is 76.0 Å². The normalized spacial score (nSPS) is 15.1.